The summed E-state index contributed by atoms with van der Waals surface area (Å²) in [6, 6.07) is 7.73. The van der Waals surface area contributed by atoms with Gasteiger partial charge in [-0.1, -0.05) is 12.1 Å². The van der Waals surface area contributed by atoms with E-state index in [0.717, 1.165) is 11.3 Å². The summed E-state index contributed by atoms with van der Waals surface area (Å²) in [6.07, 6.45) is 2.71. The minimum atomic E-state index is -0.147. The second-order valence-electron chi connectivity index (χ2n) is 7.55. The molecule has 2 fully saturated rings. The van der Waals surface area contributed by atoms with Crippen molar-refractivity contribution >= 4 is 11.9 Å². The first-order valence-electron chi connectivity index (χ1n) is 9.29. The van der Waals surface area contributed by atoms with Crippen molar-refractivity contribution in [3.8, 4) is 5.75 Å². The number of benzene rings is 1. The van der Waals surface area contributed by atoms with Crippen LogP contribution in [0.2, 0.25) is 0 Å². The fraction of sp³-hybridized carbons (Fsp3) is 0.450. The molecular weight excluding hydrogens is 360 g/mol. The summed E-state index contributed by atoms with van der Waals surface area (Å²) in [5.41, 5.74) is 1.05. The molecule has 28 heavy (non-hydrogen) atoms. The Labute approximate surface area is 163 Å². The molecule has 4 rings (SSSR count). The van der Waals surface area contributed by atoms with Gasteiger partial charge in [-0.3, -0.25) is 4.79 Å². The highest BCUT2D eigenvalue weighted by molar-refractivity contribution is 5.91. The molecule has 0 radical (unpaired) electrons. The molecule has 3 heterocycles. The van der Waals surface area contributed by atoms with Gasteiger partial charge in [0.25, 0.3) is 5.91 Å². The molecule has 2 aliphatic rings. The standard InChI is InChI=1S/C20H24N4O4/c1-22(2)20(26)24-10-14-9-23(19(25)17-8-21-12-28-17)11-16(14)18(24)13-4-6-15(27-3)7-5-13/h4-8,12,14,16,18H,9-11H2,1-3H3/t14-,16-,18+/m1/s1. The number of carbonyl (C=O) groups is 2. The predicted molar refractivity (Wildman–Crippen MR) is 101 cm³/mol. The van der Waals surface area contributed by atoms with Gasteiger partial charge in [-0.25, -0.2) is 9.78 Å². The van der Waals surface area contributed by atoms with E-state index in [0.29, 0.717) is 19.6 Å². The zero-order valence-corrected chi connectivity index (χ0v) is 16.2. The highest BCUT2D eigenvalue weighted by atomic mass is 16.5. The quantitative estimate of drug-likeness (QED) is 0.810. The molecule has 1 aromatic carbocycles. The molecule has 0 unspecified atom stereocenters. The van der Waals surface area contributed by atoms with Gasteiger partial charge in [0.2, 0.25) is 5.76 Å². The third kappa shape index (κ3) is 3.08. The van der Waals surface area contributed by atoms with Crippen molar-refractivity contribution in [2.24, 2.45) is 11.8 Å². The lowest BCUT2D eigenvalue weighted by molar-refractivity contribution is 0.0735. The van der Waals surface area contributed by atoms with Gasteiger partial charge in [0.15, 0.2) is 6.39 Å². The first-order chi connectivity index (χ1) is 13.5. The number of fused-ring (bicyclic) bond motifs is 1. The highest BCUT2D eigenvalue weighted by Gasteiger charge is 2.50. The summed E-state index contributed by atoms with van der Waals surface area (Å²) in [6.45, 7) is 1.81. The second-order valence-corrected chi connectivity index (χ2v) is 7.55. The maximum Gasteiger partial charge on any atom is 0.320 e. The number of carbonyl (C=O) groups excluding carboxylic acids is 2. The van der Waals surface area contributed by atoms with Crippen LogP contribution in [0.25, 0.3) is 0 Å². The Balaban J connectivity index is 1.61. The summed E-state index contributed by atoms with van der Waals surface area (Å²) in [5.74, 6) is 1.28. The third-order valence-corrected chi connectivity index (χ3v) is 5.68. The average molecular weight is 384 g/mol. The Hall–Kier alpha value is -3.03. The van der Waals surface area contributed by atoms with Gasteiger partial charge in [-0.2, -0.15) is 0 Å². The minimum Gasteiger partial charge on any atom is -0.497 e. The number of nitrogens with zero attached hydrogens (tertiary/aromatic N) is 4. The van der Waals surface area contributed by atoms with E-state index in [2.05, 4.69) is 4.98 Å². The van der Waals surface area contributed by atoms with Crippen molar-refractivity contribution in [2.75, 3.05) is 40.8 Å². The molecule has 2 aromatic rings. The minimum absolute atomic E-state index is 0.0108. The molecule has 0 aliphatic carbocycles. The third-order valence-electron chi connectivity index (χ3n) is 5.68. The number of hydrogen-bond donors (Lipinski definition) is 0. The van der Waals surface area contributed by atoms with Gasteiger partial charge in [0.1, 0.15) is 5.75 Å². The summed E-state index contributed by atoms with van der Waals surface area (Å²) < 4.78 is 10.4. The van der Waals surface area contributed by atoms with Crippen molar-refractivity contribution in [3.05, 3.63) is 48.2 Å². The summed E-state index contributed by atoms with van der Waals surface area (Å²) in [7, 11) is 5.16. The van der Waals surface area contributed by atoms with Crippen LogP contribution in [0.5, 0.6) is 5.75 Å². The number of ether oxygens (including phenoxy) is 1. The first-order valence-corrected chi connectivity index (χ1v) is 9.29. The fourth-order valence-corrected chi connectivity index (χ4v) is 4.37. The van der Waals surface area contributed by atoms with Crippen LogP contribution in [0.3, 0.4) is 0 Å². The molecule has 0 saturated carbocycles. The monoisotopic (exact) mass is 384 g/mol. The van der Waals surface area contributed by atoms with Crippen LogP contribution >= 0.6 is 0 Å². The number of amides is 3. The Kier molecular flexibility index (Phi) is 4.70. The zero-order chi connectivity index (χ0) is 19.8. The Bertz CT molecular complexity index is 850. The molecule has 148 valence electrons. The molecule has 8 nitrogen and oxygen atoms in total. The number of hydrogen-bond acceptors (Lipinski definition) is 5. The largest absolute Gasteiger partial charge is 0.497 e. The van der Waals surface area contributed by atoms with E-state index in [9.17, 15) is 9.59 Å². The molecule has 8 heteroatoms. The lowest BCUT2D eigenvalue weighted by atomic mass is 9.89. The molecule has 2 aliphatic heterocycles. The molecule has 1 aromatic heterocycles. The van der Waals surface area contributed by atoms with Gasteiger partial charge in [-0.15, -0.1) is 0 Å². The van der Waals surface area contributed by atoms with Crippen molar-refractivity contribution in [2.45, 2.75) is 6.04 Å². The lowest BCUT2D eigenvalue weighted by Crippen LogP contribution is -2.42. The Morgan fingerprint density at radius 2 is 1.93 bits per heavy atom. The topological polar surface area (TPSA) is 79.1 Å². The number of methoxy groups -OCH3 is 1. The van der Waals surface area contributed by atoms with Gasteiger partial charge in [0.05, 0.1) is 19.3 Å². The maximum absolute atomic E-state index is 12.8. The number of aromatic nitrogens is 1. The smallest absolute Gasteiger partial charge is 0.320 e. The van der Waals surface area contributed by atoms with Crippen LogP contribution < -0.4 is 4.74 Å². The van der Waals surface area contributed by atoms with Crippen molar-refractivity contribution in [3.63, 3.8) is 0 Å². The van der Waals surface area contributed by atoms with Gasteiger partial charge in [0, 0.05) is 45.6 Å². The molecule has 3 amide bonds. The van der Waals surface area contributed by atoms with Gasteiger partial charge < -0.3 is 23.9 Å². The molecule has 2 saturated heterocycles. The number of oxazole rings is 1. The summed E-state index contributed by atoms with van der Waals surface area (Å²) in [5, 5.41) is 0. The van der Waals surface area contributed by atoms with E-state index in [1.807, 2.05) is 34.1 Å². The van der Waals surface area contributed by atoms with Crippen LogP contribution in [0.15, 0.2) is 41.3 Å². The average Bonchev–Trinajstić information content (AvgIpc) is 3.42. The van der Waals surface area contributed by atoms with E-state index in [1.54, 1.807) is 26.1 Å². The van der Waals surface area contributed by atoms with Gasteiger partial charge >= 0.3 is 6.03 Å². The normalized spacial score (nSPS) is 23.6. The van der Waals surface area contributed by atoms with Crippen LogP contribution in [-0.2, 0) is 0 Å². The molecule has 3 atom stereocenters. The van der Waals surface area contributed by atoms with Gasteiger partial charge in [-0.05, 0) is 17.7 Å². The maximum atomic E-state index is 12.8. The molecular formula is C20H24N4O4. The molecule has 0 spiro atoms. The first kappa shape index (κ1) is 18.3. The fourth-order valence-electron chi connectivity index (χ4n) is 4.37. The number of urea groups is 1. The summed E-state index contributed by atoms with van der Waals surface area (Å²) in [4.78, 5) is 34.7. The highest BCUT2D eigenvalue weighted by Crippen LogP contribution is 2.45. The van der Waals surface area contributed by atoms with E-state index in [-0.39, 0.29) is 35.6 Å². The lowest BCUT2D eigenvalue weighted by Gasteiger charge is -2.31. The van der Waals surface area contributed by atoms with Crippen molar-refractivity contribution in [1.82, 2.24) is 19.7 Å². The van der Waals surface area contributed by atoms with Crippen LogP contribution in [0.1, 0.15) is 22.2 Å². The van der Waals surface area contributed by atoms with Crippen LogP contribution in [-0.4, -0.2) is 72.5 Å². The predicted octanol–water partition coefficient (Wildman–Crippen LogP) is 2.11. The van der Waals surface area contributed by atoms with Crippen LogP contribution in [0.4, 0.5) is 4.79 Å². The zero-order valence-electron chi connectivity index (χ0n) is 16.2. The van der Waals surface area contributed by atoms with E-state index >= 15 is 0 Å². The Morgan fingerprint density at radius 1 is 1.18 bits per heavy atom. The molecule has 0 N–H and O–H groups in total. The SMILES string of the molecule is COc1ccc([C@H]2[C@@H]3CN(C(=O)c4cnco4)C[C@@H]3CN2C(=O)N(C)C)cc1. The van der Waals surface area contributed by atoms with Crippen molar-refractivity contribution < 1.29 is 18.7 Å². The number of rotatable bonds is 3. The van der Waals surface area contributed by atoms with E-state index in [4.69, 9.17) is 9.15 Å². The Morgan fingerprint density at radius 3 is 2.54 bits per heavy atom. The summed E-state index contributed by atoms with van der Waals surface area (Å²) >= 11 is 0. The van der Waals surface area contributed by atoms with Crippen LogP contribution in [0, 0.1) is 11.8 Å². The van der Waals surface area contributed by atoms with E-state index in [1.165, 1.54) is 12.6 Å². The second kappa shape index (κ2) is 7.18. The van der Waals surface area contributed by atoms with Crippen molar-refractivity contribution in [1.29, 1.82) is 0 Å². The molecule has 0 bridgehead atoms. The van der Waals surface area contributed by atoms with E-state index < -0.39 is 0 Å². The number of likely N-dealkylation sites (tertiary alicyclic amines) is 2.